The molecule has 0 saturated heterocycles. The van der Waals surface area contributed by atoms with Gasteiger partial charge in [0.15, 0.2) is 0 Å². The molecular formula is C14H25N3. The first-order chi connectivity index (χ1) is 8.04. The van der Waals surface area contributed by atoms with Crippen LogP contribution in [0.15, 0.2) is 12.3 Å². The van der Waals surface area contributed by atoms with Gasteiger partial charge in [0.2, 0.25) is 0 Å². The van der Waals surface area contributed by atoms with Crippen LogP contribution >= 0.6 is 0 Å². The Morgan fingerprint density at radius 1 is 1.53 bits per heavy atom. The number of hydrogen-bond acceptors (Lipinski definition) is 2. The molecule has 2 rings (SSSR count). The van der Waals surface area contributed by atoms with Gasteiger partial charge in [-0.15, -0.1) is 0 Å². The Balaban J connectivity index is 2.16. The predicted molar refractivity (Wildman–Crippen MR) is 71.1 cm³/mol. The van der Waals surface area contributed by atoms with Gasteiger partial charge in [0.05, 0.1) is 11.7 Å². The highest BCUT2D eigenvalue weighted by molar-refractivity contribution is 5.03. The highest BCUT2D eigenvalue weighted by Gasteiger charge is 2.42. The Bertz CT molecular complexity index is 367. The lowest BCUT2D eigenvalue weighted by Gasteiger charge is -2.31. The Morgan fingerprint density at radius 2 is 2.29 bits per heavy atom. The Labute approximate surface area is 105 Å². The summed E-state index contributed by atoms with van der Waals surface area (Å²) in [5.41, 5.74) is 1.49. The van der Waals surface area contributed by atoms with Crippen LogP contribution in [0.4, 0.5) is 0 Å². The third kappa shape index (κ3) is 2.54. The second kappa shape index (κ2) is 4.81. The Kier molecular flexibility index (Phi) is 3.57. The van der Waals surface area contributed by atoms with Crippen molar-refractivity contribution in [3.05, 3.63) is 18.0 Å². The first kappa shape index (κ1) is 12.6. The van der Waals surface area contributed by atoms with E-state index >= 15 is 0 Å². The average molecular weight is 235 g/mol. The molecule has 3 nitrogen and oxygen atoms in total. The van der Waals surface area contributed by atoms with Crippen molar-refractivity contribution >= 4 is 0 Å². The zero-order valence-electron chi connectivity index (χ0n) is 11.5. The molecule has 0 aliphatic heterocycles. The molecule has 3 heteroatoms. The van der Waals surface area contributed by atoms with Crippen LogP contribution in [0.2, 0.25) is 0 Å². The van der Waals surface area contributed by atoms with Crippen LogP contribution < -0.4 is 5.32 Å². The minimum atomic E-state index is 0.375. The topological polar surface area (TPSA) is 29.9 Å². The molecule has 1 heterocycles. The lowest BCUT2D eigenvalue weighted by molar-refractivity contribution is 0.241. The molecule has 2 unspecified atom stereocenters. The lowest BCUT2D eigenvalue weighted by Crippen LogP contribution is -2.43. The van der Waals surface area contributed by atoms with Crippen LogP contribution in [0.5, 0.6) is 0 Å². The van der Waals surface area contributed by atoms with E-state index in [0.717, 1.165) is 12.2 Å². The molecule has 0 bridgehead atoms. The summed E-state index contributed by atoms with van der Waals surface area (Å²) in [6.45, 7) is 10.1. The fourth-order valence-electron chi connectivity index (χ4n) is 2.98. The van der Waals surface area contributed by atoms with E-state index in [1.807, 2.05) is 0 Å². The molecule has 1 aromatic rings. The maximum atomic E-state index is 4.59. The molecule has 1 saturated carbocycles. The molecule has 1 aromatic heterocycles. The standard InChI is InChI=1S/C14H25N3/c1-5-9-15-13-12(6-8-14(13,3)4)17-10-7-11(2)16-17/h7,10,12-13,15H,5-6,8-9H2,1-4H3. The molecule has 0 amide bonds. The summed E-state index contributed by atoms with van der Waals surface area (Å²) in [7, 11) is 0. The normalized spacial score (nSPS) is 27.5. The van der Waals surface area contributed by atoms with Crippen molar-refractivity contribution in [1.29, 1.82) is 0 Å². The third-order valence-corrected chi connectivity index (χ3v) is 4.01. The van der Waals surface area contributed by atoms with Crippen LogP contribution in [-0.2, 0) is 0 Å². The van der Waals surface area contributed by atoms with E-state index in [1.54, 1.807) is 0 Å². The zero-order chi connectivity index (χ0) is 12.5. The summed E-state index contributed by atoms with van der Waals surface area (Å²) in [5.74, 6) is 0. The van der Waals surface area contributed by atoms with Crippen molar-refractivity contribution in [3.8, 4) is 0 Å². The van der Waals surface area contributed by atoms with Crippen molar-refractivity contribution in [1.82, 2.24) is 15.1 Å². The second-order valence-corrected chi connectivity index (χ2v) is 5.96. The van der Waals surface area contributed by atoms with Crippen molar-refractivity contribution in [2.24, 2.45) is 5.41 Å². The number of aryl methyl sites for hydroxylation is 1. The summed E-state index contributed by atoms with van der Waals surface area (Å²) in [4.78, 5) is 0. The first-order valence-electron chi connectivity index (χ1n) is 6.80. The maximum Gasteiger partial charge on any atom is 0.0677 e. The maximum absolute atomic E-state index is 4.59. The fraction of sp³-hybridized carbons (Fsp3) is 0.786. The van der Waals surface area contributed by atoms with Crippen molar-refractivity contribution < 1.29 is 0 Å². The molecule has 96 valence electrons. The number of nitrogens with one attached hydrogen (secondary N) is 1. The smallest absolute Gasteiger partial charge is 0.0677 e. The van der Waals surface area contributed by atoms with Gasteiger partial charge in [0.1, 0.15) is 0 Å². The Morgan fingerprint density at radius 3 is 2.88 bits per heavy atom. The quantitative estimate of drug-likeness (QED) is 0.869. The van der Waals surface area contributed by atoms with Gasteiger partial charge in [-0.05, 0) is 44.2 Å². The average Bonchev–Trinajstić information content (AvgIpc) is 2.80. The van der Waals surface area contributed by atoms with Gasteiger partial charge in [-0.3, -0.25) is 4.68 Å². The SMILES string of the molecule is CCCNC1C(n2ccc(C)n2)CCC1(C)C. The molecule has 1 N–H and O–H groups in total. The van der Waals surface area contributed by atoms with Gasteiger partial charge in [-0.25, -0.2) is 0 Å². The van der Waals surface area contributed by atoms with Crippen molar-refractivity contribution in [2.45, 2.75) is 59.0 Å². The van der Waals surface area contributed by atoms with Crippen LogP contribution in [0.3, 0.4) is 0 Å². The van der Waals surface area contributed by atoms with Gasteiger partial charge in [0.25, 0.3) is 0 Å². The largest absolute Gasteiger partial charge is 0.311 e. The molecule has 0 spiro atoms. The number of hydrogen-bond donors (Lipinski definition) is 1. The molecule has 0 radical (unpaired) electrons. The summed E-state index contributed by atoms with van der Waals surface area (Å²) in [5, 5.41) is 8.31. The van der Waals surface area contributed by atoms with E-state index in [-0.39, 0.29) is 0 Å². The second-order valence-electron chi connectivity index (χ2n) is 5.96. The van der Waals surface area contributed by atoms with E-state index in [4.69, 9.17) is 0 Å². The van der Waals surface area contributed by atoms with Gasteiger partial charge in [-0.1, -0.05) is 20.8 Å². The first-order valence-corrected chi connectivity index (χ1v) is 6.80. The summed E-state index contributed by atoms with van der Waals surface area (Å²) in [6.07, 6.45) is 5.83. The van der Waals surface area contributed by atoms with Gasteiger partial charge >= 0.3 is 0 Å². The highest BCUT2D eigenvalue weighted by Crippen LogP contribution is 2.43. The molecule has 17 heavy (non-hydrogen) atoms. The summed E-state index contributed by atoms with van der Waals surface area (Å²) < 4.78 is 2.16. The predicted octanol–water partition coefficient (Wildman–Crippen LogP) is 2.92. The van der Waals surface area contributed by atoms with Gasteiger partial charge in [-0.2, -0.15) is 5.10 Å². The molecule has 1 aliphatic carbocycles. The van der Waals surface area contributed by atoms with Crippen molar-refractivity contribution in [3.63, 3.8) is 0 Å². The van der Waals surface area contributed by atoms with Crippen LogP contribution in [0.1, 0.15) is 51.8 Å². The third-order valence-electron chi connectivity index (χ3n) is 4.01. The van der Waals surface area contributed by atoms with E-state index in [0.29, 0.717) is 17.5 Å². The summed E-state index contributed by atoms with van der Waals surface area (Å²) in [6, 6.07) is 3.16. The minimum absolute atomic E-state index is 0.375. The van der Waals surface area contributed by atoms with Crippen LogP contribution in [-0.4, -0.2) is 22.4 Å². The monoisotopic (exact) mass is 235 g/mol. The molecule has 1 aliphatic rings. The van der Waals surface area contributed by atoms with E-state index in [9.17, 15) is 0 Å². The van der Waals surface area contributed by atoms with E-state index in [2.05, 4.69) is 55.1 Å². The van der Waals surface area contributed by atoms with Crippen LogP contribution in [0.25, 0.3) is 0 Å². The Hall–Kier alpha value is -0.830. The fourth-order valence-corrected chi connectivity index (χ4v) is 2.98. The van der Waals surface area contributed by atoms with Crippen LogP contribution in [0, 0.1) is 12.3 Å². The minimum Gasteiger partial charge on any atom is -0.311 e. The molecule has 1 fully saturated rings. The van der Waals surface area contributed by atoms with Gasteiger partial charge < -0.3 is 5.32 Å². The number of nitrogens with zero attached hydrogens (tertiary/aromatic N) is 2. The molecule has 2 atom stereocenters. The van der Waals surface area contributed by atoms with Gasteiger partial charge in [0, 0.05) is 12.2 Å². The molecular weight excluding hydrogens is 210 g/mol. The lowest BCUT2D eigenvalue weighted by atomic mass is 9.86. The molecule has 0 aromatic carbocycles. The number of aromatic nitrogens is 2. The number of rotatable bonds is 4. The van der Waals surface area contributed by atoms with E-state index < -0.39 is 0 Å². The summed E-state index contributed by atoms with van der Waals surface area (Å²) >= 11 is 0. The van der Waals surface area contributed by atoms with Crippen molar-refractivity contribution in [2.75, 3.05) is 6.54 Å². The zero-order valence-corrected chi connectivity index (χ0v) is 11.5. The van der Waals surface area contributed by atoms with E-state index in [1.165, 1.54) is 19.3 Å². The highest BCUT2D eigenvalue weighted by atomic mass is 15.3.